The number of nitrogens with one attached hydrogen (secondary N) is 1. The fourth-order valence-electron chi connectivity index (χ4n) is 0.821. The highest BCUT2D eigenvalue weighted by Gasteiger charge is 2.06. The van der Waals surface area contributed by atoms with Gasteiger partial charge in [-0.25, -0.2) is 0 Å². The molecule has 0 fully saturated rings. The van der Waals surface area contributed by atoms with Crippen LogP contribution in [0.2, 0.25) is 0 Å². The summed E-state index contributed by atoms with van der Waals surface area (Å²) < 4.78 is 0. The third-order valence-corrected chi connectivity index (χ3v) is 1.60. The molecule has 0 heterocycles. The SMILES string of the molecule is CCCCC(O)NC(O)CC. The lowest BCUT2D eigenvalue weighted by Gasteiger charge is -2.16. The van der Waals surface area contributed by atoms with Crippen molar-refractivity contribution in [2.75, 3.05) is 0 Å². The average molecular weight is 161 g/mol. The van der Waals surface area contributed by atoms with Gasteiger partial charge in [-0.15, -0.1) is 0 Å². The lowest BCUT2D eigenvalue weighted by Crippen LogP contribution is -2.37. The Labute approximate surface area is 68.4 Å². The van der Waals surface area contributed by atoms with E-state index in [1.807, 2.05) is 6.92 Å². The van der Waals surface area contributed by atoms with Gasteiger partial charge in [0.15, 0.2) is 0 Å². The van der Waals surface area contributed by atoms with Crippen molar-refractivity contribution in [3.63, 3.8) is 0 Å². The molecular weight excluding hydrogens is 142 g/mol. The van der Waals surface area contributed by atoms with E-state index in [0.717, 1.165) is 12.8 Å². The normalized spacial score (nSPS) is 16.4. The summed E-state index contributed by atoms with van der Waals surface area (Å²) in [7, 11) is 0. The van der Waals surface area contributed by atoms with E-state index in [1.165, 1.54) is 0 Å². The van der Waals surface area contributed by atoms with Crippen LogP contribution in [0.5, 0.6) is 0 Å². The van der Waals surface area contributed by atoms with Crippen molar-refractivity contribution in [1.82, 2.24) is 5.32 Å². The molecule has 0 saturated heterocycles. The lowest BCUT2D eigenvalue weighted by molar-refractivity contribution is 0.0350. The van der Waals surface area contributed by atoms with Gasteiger partial charge in [-0.1, -0.05) is 20.3 Å². The Kier molecular flexibility index (Phi) is 6.51. The third kappa shape index (κ3) is 6.28. The van der Waals surface area contributed by atoms with E-state index in [1.54, 1.807) is 0 Å². The van der Waals surface area contributed by atoms with E-state index in [0.29, 0.717) is 12.8 Å². The first-order chi connectivity index (χ1) is 5.20. The Morgan fingerprint density at radius 3 is 2.27 bits per heavy atom. The minimum atomic E-state index is -0.568. The summed E-state index contributed by atoms with van der Waals surface area (Å²) >= 11 is 0. The van der Waals surface area contributed by atoms with Crippen LogP contribution in [-0.2, 0) is 0 Å². The highest BCUT2D eigenvalue weighted by atomic mass is 16.3. The van der Waals surface area contributed by atoms with Crippen LogP contribution in [0.1, 0.15) is 39.5 Å². The largest absolute Gasteiger partial charge is 0.379 e. The number of aliphatic hydroxyl groups is 2. The van der Waals surface area contributed by atoms with Crippen molar-refractivity contribution < 1.29 is 10.2 Å². The van der Waals surface area contributed by atoms with Crippen molar-refractivity contribution in [1.29, 1.82) is 0 Å². The summed E-state index contributed by atoms with van der Waals surface area (Å²) in [5.41, 5.74) is 0. The zero-order chi connectivity index (χ0) is 8.69. The lowest BCUT2D eigenvalue weighted by atomic mass is 10.2. The van der Waals surface area contributed by atoms with Gasteiger partial charge in [0.05, 0.1) is 0 Å². The van der Waals surface area contributed by atoms with E-state index < -0.39 is 12.5 Å². The second-order valence-electron chi connectivity index (χ2n) is 2.75. The maximum absolute atomic E-state index is 9.21. The molecule has 2 atom stereocenters. The first kappa shape index (κ1) is 10.9. The van der Waals surface area contributed by atoms with E-state index >= 15 is 0 Å². The molecule has 0 aromatic carbocycles. The number of aliphatic hydroxyl groups excluding tert-OH is 2. The van der Waals surface area contributed by atoms with Crippen LogP contribution in [0.4, 0.5) is 0 Å². The van der Waals surface area contributed by atoms with Crippen LogP contribution in [0, 0.1) is 0 Å². The molecule has 68 valence electrons. The molecule has 0 spiro atoms. The number of unbranched alkanes of at least 4 members (excludes halogenated alkanes) is 1. The predicted molar refractivity (Wildman–Crippen MR) is 45.0 cm³/mol. The molecule has 0 aromatic rings. The zero-order valence-corrected chi connectivity index (χ0v) is 7.38. The molecule has 3 heteroatoms. The molecule has 0 amide bonds. The summed E-state index contributed by atoms with van der Waals surface area (Å²) in [5.74, 6) is 0. The van der Waals surface area contributed by atoms with Gasteiger partial charge in [0.25, 0.3) is 0 Å². The predicted octanol–water partition coefficient (Wildman–Crippen LogP) is 0.813. The molecule has 2 unspecified atom stereocenters. The van der Waals surface area contributed by atoms with Crippen molar-refractivity contribution in [2.24, 2.45) is 0 Å². The van der Waals surface area contributed by atoms with Gasteiger partial charge in [-0.2, -0.15) is 0 Å². The highest BCUT2D eigenvalue weighted by molar-refractivity contribution is 4.55. The van der Waals surface area contributed by atoms with Gasteiger partial charge in [0.2, 0.25) is 0 Å². The fourth-order valence-corrected chi connectivity index (χ4v) is 0.821. The third-order valence-electron chi connectivity index (χ3n) is 1.60. The van der Waals surface area contributed by atoms with E-state index in [4.69, 9.17) is 5.11 Å². The van der Waals surface area contributed by atoms with Crippen molar-refractivity contribution in [2.45, 2.75) is 52.0 Å². The molecule has 0 aliphatic heterocycles. The Bertz CT molecular complexity index is 88.2. The Morgan fingerprint density at radius 1 is 1.18 bits per heavy atom. The monoisotopic (exact) mass is 161 g/mol. The zero-order valence-electron chi connectivity index (χ0n) is 7.38. The van der Waals surface area contributed by atoms with Crippen LogP contribution >= 0.6 is 0 Å². The Hall–Kier alpha value is -0.120. The standard InChI is InChI=1S/C8H19NO2/c1-3-5-6-8(11)9-7(10)4-2/h7-11H,3-6H2,1-2H3. The van der Waals surface area contributed by atoms with Gasteiger partial charge in [-0.05, 0) is 19.3 Å². The van der Waals surface area contributed by atoms with E-state index in [-0.39, 0.29) is 0 Å². The molecule has 3 nitrogen and oxygen atoms in total. The maximum Gasteiger partial charge on any atom is 0.106 e. The molecule has 0 rings (SSSR count). The molecule has 0 radical (unpaired) electrons. The smallest absolute Gasteiger partial charge is 0.106 e. The molecule has 3 N–H and O–H groups in total. The van der Waals surface area contributed by atoms with E-state index in [9.17, 15) is 5.11 Å². The molecule has 0 aromatic heterocycles. The fraction of sp³-hybridized carbons (Fsp3) is 1.00. The van der Waals surface area contributed by atoms with Gasteiger partial charge in [-0.3, -0.25) is 5.32 Å². The summed E-state index contributed by atoms with van der Waals surface area (Å²) in [6.07, 6.45) is 2.29. The summed E-state index contributed by atoms with van der Waals surface area (Å²) in [6, 6.07) is 0. The van der Waals surface area contributed by atoms with Crippen LogP contribution in [0.15, 0.2) is 0 Å². The Morgan fingerprint density at radius 2 is 1.82 bits per heavy atom. The van der Waals surface area contributed by atoms with Gasteiger partial charge in [0.1, 0.15) is 12.5 Å². The van der Waals surface area contributed by atoms with Crippen molar-refractivity contribution in [3.8, 4) is 0 Å². The van der Waals surface area contributed by atoms with Crippen LogP contribution in [0.25, 0.3) is 0 Å². The number of hydrogen-bond acceptors (Lipinski definition) is 3. The quantitative estimate of drug-likeness (QED) is 0.505. The van der Waals surface area contributed by atoms with Gasteiger partial charge < -0.3 is 10.2 Å². The molecule has 0 aliphatic rings. The molecule has 0 bridgehead atoms. The molecule has 0 saturated carbocycles. The second kappa shape index (κ2) is 6.58. The molecule has 11 heavy (non-hydrogen) atoms. The van der Waals surface area contributed by atoms with Crippen LogP contribution in [0.3, 0.4) is 0 Å². The minimum Gasteiger partial charge on any atom is -0.379 e. The van der Waals surface area contributed by atoms with Gasteiger partial charge in [0, 0.05) is 0 Å². The van der Waals surface area contributed by atoms with Crippen LogP contribution < -0.4 is 5.32 Å². The average Bonchev–Trinajstić information content (AvgIpc) is 2.00. The summed E-state index contributed by atoms with van der Waals surface area (Å²) in [6.45, 7) is 3.94. The van der Waals surface area contributed by atoms with Crippen molar-refractivity contribution in [3.05, 3.63) is 0 Å². The van der Waals surface area contributed by atoms with Crippen molar-refractivity contribution >= 4 is 0 Å². The highest BCUT2D eigenvalue weighted by Crippen LogP contribution is 1.98. The van der Waals surface area contributed by atoms with Crippen LogP contribution in [-0.4, -0.2) is 22.7 Å². The summed E-state index contributed by atoms with van der Waals surface area (Å²) in [5, 5.41) is 20.9. The second-order valence-corrected chi connectivity index (χ2v) is 2.75. The molecule has 0 aliphatic carbocycles. The topological polar surface area (TPSA) is 52.5 Å². The Balaban J connectivity index is 3.27. The first-order valence-electron chi connectivity index (χ1n) is 4.32. The number of rotatable bonds is 6. The first-order valence-corrected chi connectivity index (χ1v) is 4.32. The summed E-state index contributed by atoms with van der Waals surface area (Å²) in [4.78, 5) is 0. The maximum atomic E-state index is 9.21. The minimum absolute atomic E-state index is 0.551. The van der Waals surface area contributed by atoms with E-state index in [2.05, 4.69) is 12.2 Å². The number of hydrogen-bond donors (Lipinski definition) is 3. The van der Waals surface area contributed by atoms with Gasteiger partial charge >= 0.3 is 0 Å². The molecular formula is C8H19NO2.